The second-order valence-corrected chi connectivity index (χ2v) is 5.27. The van der Waals surface area contributed by atoms with Gasteiger partial charge in [0.25, 0.3) is 0 Å². The second kappa shape index (κ2) is 5.77. The Bertz CT molecular complexity index is 357. The van der Waals surface area contributed by atoms with Crippen molar-refractivity contribution in [1.29, 1.82) is 0 Å². The van der Waals surface area contributed by atoms with Gasteiger partial charge in [0.1, 0.15) is 6.54 Å². The highest BCUT2D eigenvalue weighted by Crippen LogP contribution is 2.08. The molecule has 1 rings (SSSR count). The fraction of sp³-hybridized carbons (Fsp3) is 0.538. The number of hydrogen-bond acceptors (Lipinski definition) is 3. The minimum Gasteiger partial charge on any atom is -0.456 e. The summed E-state index contributed by atoms with van der Waals surface area (Å²) in [6.07, 6.45) is 4.16. The van der Waals surface area contributed by atoms with Crippen LogP contribution in [0.25, 0.3) is 0 Å². The summed E-state index contributed by atoms with van der Waals surface area (Å²) in [6.45, 7) is 2.24. The molecule has 1 aromatic rings. The van der Waals surface area contributed by atoms with Crippen molar-refractivity contribution in [2.75, 3.05) is 27.7 Å². The number of nitrogens with zero attached hydrogens (tertiary/aromatic N) is 2. The fourth-order valence-corrected chi connectivity index (χ4v) is 1.77. The summed E-state index contributed by atoms with van der Waals surface area (Å²) in [6, 6.07) is 3.89. The van der Waals surface area contributed by atoms with Crippen molar-refractivity contribution in [1.82, 2.24) is 4.98 Å². The lowest BCUT2D eigenvalue weighted by Crippen LogP contribution is -2.43. The first-order valence-corrected chi connectivity index (χ1v) is 5.73. The van der Waals surface area contributed by atoms with Crippen LogP contribution in [-0.2, 0) is 16.0 Å². The van der Waals surface area contributed by atoms with Gasteiger partial charge in [0.15, 0.2) is 6.10 Å². The molecule has 0 saturated heterocycles. The van der Waals surface area contributed by atoms with Crippen LogP contribution in [0.4, 0.5) is 0 Å². The van der Waals surface area contributed by atoms with Gasteiger partial charge in [-0.25, -0.2) is 0 Å². The number of pyridine rings is 1. The first-order valence-electron chi connectivity index (χ1n) is 5.73. The predicted octanol–water partition coefficient (Wildman–Crippen LogP) is 1.26. The van der Waals surface area contributed by atoms with Gasteiger partial charge in [0.2, 0.25) is 0 Å². The van der Waals surface area contributed by atoms with Crippen molar-refractivity contribution in [3.8, 4) is 0 Å². The zero-order chi connectivity index (χ0) is 12.9. The third-order valence-electron chi connectivity index (χ3n) is 2.27. The molecule has 0 amide bonds. The summed E-state index contributed by atoms with van der Waals surface area (Å²) in [5.74, 6) is -0.229. The molecule has 0 bridgehead atoms. The van der Waals surface area contributed by atoms with Gasteiger partial charge < -0.3 is 9.22 Å². The second-order valence-electron chi connectivity index (χ2n) is 5.27. The smallest absolute Gasteiger partial charge is 0.303 e. The number of esters is 1. The van der Waals surface area contributed by atoms with Crippen LogP contribution in [-0.4, -0.2) is 49.2 Å². The van der Waals surface area contributed by atoms with Gasteiger partial charge in [-0.1, -0.05) is 6.07 Å². The van der Waals surface area contributed by atoms with Crippen LogP contribution < -0.4 is 0 Å². The molecule has 1 unspecified atom stereocenters. The molecule has 0 aliphatic heterocycles. The number of carbonyl (C=O) groups excluding carboxylic acids is 1. The maximum Gasteiger partial charge on any atom is 0.303 e. The number of rotatable bonds is 5. The third-order valence-corrected chi connectivity index (χ3v) is 2.27. The third kappa shape index (κ3) is 6.02. The molecule has 0 saturated carbocycles. The maximum atomic E-state index is 11.1. The lowest BCUT2D eigenvalue weighted by molar-refractivity contribution is -0.873. The minimum atomic E-state index is -0.229. The molecular formula is C13H21N2O2+. The van der Waals surface area contributed by atoms with Gasteiger partial charge in [-0.05, 0) is 11.6 Å². The van der Waals surface area contributed by atoms with E-state index < -0.39 is 0 Å². The van der Waals surface area contributed by atoms with Crippen LogP contribution >= 0.6 is 0 Å². The quantitative estimate of drug-likeness (QED) is 0.572. The first kappa shape index (κ1) is 13.6. The van der Waals surface area contributed by atoms with Gasteiger partial charge in [-0.3, -0.25) is 9.78 Å². The monoisotopic (exact) mass is 237 g/mol. The Labute approximate surface area is 103 Å². The first-order chi connectivity index (χ1) is 7.87. The van der Waals surface area contributed by atoms with Crippen LogP contribution in [0.1, 0.15) is 12.5 Å². The van der Waals surface area contributed by atoms with Crippen LogP contribution in [0, 0.1) is 0 Å². The van der Waals surface area contributed by atoms with E-state index in [1.54, 1.807) is 6.20 Å². The molecule has 94 valence electrons. The van der Waals surface area contributed by atoms with Gasteiger partial charge in [-0.2, -0.15) is 0 Å². The highest BCUT2D eigenvalue weighted by Gasteiger charge is 2.21. The minimum absolute atomic E-state index is 0.100. The number of aromatic nitrogens is 1. The predicted molar refractivity (Wildman–Crippen MR) is 66.4 cm³/mol. The summed E-state index contributed by atoms with van der Waals surface area (Å²) in [4.78, 5) is 15.2. The summed E-state index contributed by atoms with van der Waals surface area (Å²) in [5, 5.41) is 0. The molecule has 0 fully saturated rings. The van der Waals surface area contributed by atoms with E-state index in [2.05, 4.69) is 26.1 Å². The van der Waals surface area contributed by atoms with Gasteiger partial charge in [0, 0.05) is 25.7 Å². The Balaban J connectivity index is 2.67. The Morgan fingerprint density at radius 1 is 1.47 bits per heavy atom. The lowest BCUT2D eigenvalue weighted by atomic mass is 10.1. The zero-order valence-corrected chi connectivity index (χ0v) is 11.0. The van der Waals surface area contributed by atoms with E-state index in [0.29, 0.717) is 6.42 Å². The summed E-state index contributed by atoms with van der Waals surface area (Å²) >= 11 is 0. The summed E-state index contributed by atoms with van der Waals surface area (Å²) in [5.41, 5.74) is 1.09. The standard InChI is InChI=1S/C13H21N2O2/c1-11(16)17-13(10-15(2,3)4)8-12-6-5-7-14-9-12/h5-7,9,13H,8,10H2,1-4H3/q+1. The Morgan fingerprint density at radius 2 is 2.18 bits per heavy atom. The highest BCUT2D eigenvalue weighted by molar-refractivity contribution is 5.66. The molecule has 17 heavy (non-hydrogen) atoms. The topological polar surface area (TPSA) is 39.2 Å². The average Bonchev–Trinajstić information content (AvgIpc) is 2.15. The van der Waals surface area contributed by atoms with E-state index >= 15 is 0 Å². The van der Waals surface area contributed by atoms with Crippen LogP contribution in [0.5, 0.6) is 0 Å². The van der Waals surface area contributed by atoms with Crippen molar-refractivity contribution in [2.45, 2.75) is 19.4 Å². The Morgan fingerprint density at radius 3 is 2.65 bits per heavy atom. The maximum absolute atomic E-state index is 11.1. The molecule has 0 radical (unpaired) electrons. The molecule has 1 heterocycles. The summed E-state index contributed by atoms with van der Waals surface area (Å²) < 4.78 is 6.11. The van der Waals surface area contributed by atoms with Crippen molar-refractivity contribution >= 4 is 5.97 Å². The van der Waals surface area contributed by atoms with E-state index in [4.69, 9.17) is 4.74 Å². The number of ether oxygens (including phenoxy) is 1. The van der Waals surface area contributed by atoms with E-state index in [-0.39, 0.29) is 12.1 Å². The summed E-state index contributed by atoms with van der Waals surface area (Å²) in [7, 11) is 6.25. The van der Waals surface area contributed by atoms with Crippen molar-refractivity contribution in [3.05, 3.63) is 30.1 Å². The lowest BCUT2D eigenvalue weighted by Gasteiger charge is -2.28. The molecule has 0 aromatic carbocycles. The van der Waals surface area contributed by atoms with Gasteiger partial charge in [0.05, 0.1) is 21.1 Å². The van der Waals surface area contributed by atoms with Crippen LogP contribution in [0.3, 0.4) is 0 Å². The molecule has 0 N–H and O–H groups in total. The molecule has 0 aliphatic rings. The van der Waals surface area contributed by atoms with Crippen molar-refractivity contribution in [2.24, 2.45) is 0 Å². The van der Waals surface area contributed by atoms with E-state index in [1.165, 1.54) is 6.92 Å². The molecular weight excluding hydrogens is 216 g/mol. The molecule has 4 nitrogen and oxygen atoms in total. The largest absolute Gasteiger partial charge is 0.456 e. The van der Waals surface area contributed by atoms with Crippen LogP contribution in [0.15, 0.2) is 24.5 Å². The average molecular weight is 237 g/mol. The zero-order valence-electron chi connectivity index (χ0n) is 11.0. The number of hydrogen-bond donors (Lipinski definition) is 0. The molecule has 0 aliphatic carbocycles. The molecule has 1 atom stereocenters. The van der Waals surface area contributed by atoms with E-state index in [9.17, 15) is 4.79 Å². The molecule has 1 aromatic heterocycles. The number of likely N-dealkylation sites (N-methyl/N-ethyl adjacent to an activating group) is 1. The number of carbonyl (C=O) groups is 1. The molecule has 0 spiro atoms. The highest BCUT2D eigenvalue weighted by atomic mass is 16.5. The van der Waals surface area contributed by atoms with Crippen LogP contribution in [0.2, 0.25) is 0 Å². The van der Waals surface area contributed by atoms with Gasteiger partial charge >= 0.3 is 5.97 Å². The van der Waals surface area contributed by atoms with Gasteiger partial charge in [-0.15, -0.1) is 0 Å². The SMILES string of the molecule is CC(=O)OC(Cc1cccnc1)C[N+](C)(C)C. The normalized spacial score (nSPS) is 13.2. The number of quaternary nitrogens is 1. The van der Waals surface area contributed by atoms with E-state index in [0.717, 1.165) is 16.6 Å². The Kier molecular flexibility index (Phi) is 4.63. The Hall–Kier alpha value is -1.42. The fourth-order valence-electron chi connectivity index (χ4n) is 1.77. The van der Waals surface area contributed by atoms with E-state index in [1.807, 2.05) is 18.3 Å². The van der Waals surface area contributed by atoms with Crippen molar-refractivity contribution < 1.29 is 14.0 Å². The molecule has 4 heteroatoms. The van der Waals surface area contributed by atoms with Crippen molar-refractivity contribution in [3.63, 3.8) is 0 Å².